The maximum Gasteiger partial charge on any atom is 0.227 e. The molecule has 27 heavy (non-hydrogen) atoms. The van der Waals surface area contributed by atoms with Crippen LogP contribution in [0.25, 0.3) is 11.3 Å². The smallest absolute Gasteiger partial charge is 0.227 e. The van der Waals surface area contributed by atoms with Crippen LogP contribution < -0.4 is 15.5 Å². The lowest BCUT2D eigenvalue weighted by Crippen LogP contribution is -2.43. The molecule has 0 aliphatic carbocycles. The molecule has 0 spiro atoms. The molecule has 0 saturated carbocycles. The maximum atomic E-state index is 9.26. The number of rotatable bonds is 5. The van der Waals surface area contributed by atoms with Gasteiger partial charge >= 0.3 is 0 Å². The van der Waals surface area contributed by atoms with Crippen LogP contribution in [0.3, 0.4) is 0 Å². The van der Waals surface area contributed by atoms with Gasteiger partial charge in [0.1, 0.15) is 5.82 Å². The fourth-order valence-corrected chi connectivity index (χ4v) is 3.07. The number of nitrogens with one attached hydrogen (secondary N) is 2. The standard InChI is InChI=1S/C20H22N6O/c27-14-15-2-1-3-17(12-15)24-20-22-7-6-18(25-20)16-4-5-19(23-13-16)26-10-8-21-9-11-26/h1-7,12-13,21,27H,8-11,14H2,(H,22,24,25). The summed E-state index contributed by atoms with van der Waals surface area (Å²) < 4.78 is 0. The Balaban J connectivity index is 1.51. The number of hydrogen-bond donors (Lipinski definition) is 3. The first kappa shape index (κ1) is 17.4. The van der Waals surface area contributed by atoms with Crippen LogP contribution in [0.4, 0.5) is 17.5 Å². The highest BCUT2D eigenvalue weighted by Gasteiger charge is 2.12. The molecule has 7 nitrogen and oxygen atoms in total. The molecule has 138 valence electrons. The molecule has 4 rings (SSSR count). The fraction of sp³-hybridized carbons (Fsp3) is 0.250. The third-order valence-electron chi connectivity index (χ3n) is 4.51. The first-order valence-electron chi connectivity index (χ1n) is 9.04. The van der Waals surface area contributed by atoms with Gasteiger partial charge in [-0.25, -0.2) is 15.0 Å². The Hall–Kier alpha value is -3.03. The molecule has 1 fully saturated rings. The summed E-state index contributed by atoms with van der Waals surface area (Å²) in [5.74, 6) is 1.50. The summed E-state index contributed by atoms with van der Waals surface area (Å²) in [7, 11) is 0. The quantitative estimate of drug-likeness (QED) is 0.641. The van der Waals surface area contributed by atoms with Crippen LogP contribution >= 0.6 is 0 Å². The third-order valence-corrected chi connectivity index (χ3v) is 4.51. The molecule has 0 unspecified atom stereocenters. The molecule has 0 atom stereocenters. The number of nitrogens with zero attached hydrogens (tertiary/aromatic N) is 4. The van der Waals surface area contributed by atoms with Gasteiger partial charge in [-0.1, -0.05) is 12.1 Å². The highest BCUT2D eigenvalue weighted by molar-refractivity contribution is 5.62. The Labute approximate surface area is 158 Å². The molecular weight excluding hydrogens is 340 g/mol. The maximum absolute atomic E-state index is 9.26. The normalized spacial score (nSPS) is 14.2. The lowest BCUT2D eigenvalue weighted by molar-refractivity contribution is 0.282. The molecule has 0 bridgehead atoms. The lowest BCUT2D eigenvalue weighted by Gasteiger charge is -2.28. The van der Waals surface area contributed by atoms with Crippen molar-refractivity contribution in [2.24, 2.45) is 0 Å². The number of anilines is 3. The molecule has 1 saturated heterocycles. The molecule has 0 amide bonds. The summed E-state index contributed by atoms with van der Waals surface area (Å²) in [5, 5.41) is 15.8. The van der Waals surface area contributed by atoms with Crippen LogP contribution in [-0.2, 0) is 6.61 Å². The van der Waals surface area contributed by atoms with Crippen molar-refractivity contribution in [3.63, 3.8) is 0 Å². The minimum absolute atomic E-state index is 0.00150. The Morgan fingerprint density at radius 2 is 1.96 bits per heavy atom. The molecule has 0 radical (unpaired) electrons. The monoisotopic (exact) mass is 362 g/mol. The van der Waals surface area contributed by atoms with Crippen molar-refractivity contribution < 1.29 is 5.11 Å². The number of aliphatic hydroxyl groups is 1. The van der Waals surface area contributed by atoms with Gasteiger partial charge in [-0.3, -0.25) is 0 Å². The molecule has 3 heterocycles. The molecule has 1 aromatic carbocycles. The van der Waals surface area contributed by atoms with Crippen LogP contribution in [-0.4, -0.2) is 46.2 Å². The van der Waals surface area contributed by atoms with E-state index in [1.54, 1.807) is 6.20 Å². The van der Waals surface area contributed by atoms with E-state index in [4.69, 9.17) is 0 Å². The van der Waals surface area contributed by atoms with E-state index in [9.17, 15) is 5.11 Å². The highest BCUT2D eigenvalue weighted by Crippen LogP contribution is 2.21. The molecule has 3 aromatic rings. The Kier molecular flexibility index (Phi) is 5.22. The first-order chi connectivity index (χ1) is 13.3. The predicted molar refractivity (Wildman–Crippen MR) is 106 cm³/mol. The average Bonchev–Trinajstić information content (AvgIpc) is 2.75. The van der Waals surface area contributed by atoms with Gasteiger partial charge < -0.3 is 20.6 Å². The second-order valence-electron chi connectivity index (χ2n) is 6.39. The van der Waals surface area contributed by atoms with Gasteiger partial charge in [0.25, 0.3) is 0 Å². The third kappa shape index (κ3) is 4.21. The van der Waals surface area contributed by atoms with Crippen molar-refractivity contribution in [1.82, 2.24) is 20.3 Å². The van der Waals surface area contributed by atoms with Gasteiger partial charge in [0.05, 0.1) is 12.3 Å². The Bertz CT molecular complexity index is 893. The fourth-order valence-electron chi connectivity index (χ4n) is 3.07. The predicted octanol–water partition coefficient (Wildman–Crippen LogP) is 2.18. The van der Waals surface area contributed by atoms with Crippen molar-refractivity contribution >= 4 is 17.5 Å². The average molecular weight is 362 g/mol. The SMILES string of the molecule is OCc1cccc(Nc2nccc(-c3ccc(N4CCNCC4)nc3)n2)c1. The van der Waals surface area contributed by atoms with Crippen LogP contribution in [0, 0.1) is 0 Å². The van der Waals surface area contributed by atoms with E-state index in [0.717, 1.165) is 54.5 Å². The molecular formula is C20H22N6O. The van der Waals surface area contributed by atoms with Crippen LogP contribution in [0.15, 0.2) is 54.9 Å². The molecule has 3 N–H and O–H groups in total. The number of aliphatic hydroxyl groups excluding tert-OH is 1. The van der Waals surface area contributed by atoms with E-state index < -0.39 is 0 Å². The van der Waals surface area contributed by atoms with Gasteiger partial charge in [-0.05, 0) is 35.9 Å². The van der Waals surface area contributed by atoms with E-state index in [-0.39, 0.29) is 6.61 Å². The van der Waals surface area contributed by atoms with Crippen molar-refractivity contribution in [1.29, 1.82) is 0 Å². The van der Waals surface area contributed by atoms with Crippen molar-refractivity contribution in [2.75, 3.05) is 36.4 Å². The van der Waals surface area contributed by atoms with Crippen LogP contribution in [0.1, 0.15) is 5.56 Å². The molecule has 1 aliphatic rings. The van der Waals surface area contributed by atoms with E-state index >= 15 is 0 Å². The van der Waals surface area contributed by atoms with Crippen LogP contribution in [0.5, 0.6) is 0 Å². The topological polar surface area (TPSA) is 86.2 Å². The highest BCUT2D eigenvalue weighted by atomic mass is 16.3. The largest absolute Gasteiger partial charge is 0.392 e. The minimum Gasteiger partial charge on any atom is -0.392 e. The summed E-state index contributed by atoms with van der Waals surface area (Å²) in [4.78, 5) is 15.8. The van der Waals surface area contributed by atoms with Crippen molar-refractivity contribution in [2.45, 2.75) is 6.61 Å². The second kappa shape index (κ2) is 8.11. The van der Waals surface area contributed by atoms with E-state index in [1.165, 1.54) is 0 Å². The van der Waals surface area contributed by atoms with Gasteiger partial charge in [0, 0.05) is 49.8 Å². The second-order valence-corrected chi connectivity index (χ2v) is 6.39. The van der Waals surface area contributed by atoms with E-state index in [2.05, 4.69) is 30.5 Å². The van der Waals surface area contributed by atoms with E-state index in [1.807, 2.05) is 48.7 Å². The number of aromatic nitrogens is 3. The lowest BCUT2D eigenvalue weighted by atomic mass is 10.2. The molecule has 1 aliphatic heterocycles. The molecule has 2 aromatic heterocycles. The first-order valence-corrected chi connectivity index (χ1v) is 9.04. The number of benzene rings is 1. The Morgan fingerprint density at radius 3 is 2.74 bits per heavy atom. The molecule has 7 heteroatoms. The number of piperazine rings is 1. The van der Waals surface area contributed by atoms with Gasteiger partial charge in [-0.15, -0.1) is 0 Å². The van der Waals surface area contributed by atoms with Gasteiger partial charge in [-0.2, -0.15) is 0 Å². The minimum atomic E-state index is 0.00150. The zero-order valence-electron chi connectivity index (χ0n) is 15.0. The number of pyridine rings is 1. The zero-order valence-corrected chi connectivity index (χ0v) is 15.0. The number of hydrogen-bond acceptors (Lipinski definition) is 7. The van der Waals surface area contributed by atoms with Gasteiger partial charge in [0.2, 0.25) is 5.95 Å². The van der Waals surface area contributed by atoms with Gasteiger partial charge in [0.15, 0.2) is 0 Å². The summed E-state index contributed by atoms with van der Waals surface area (Å²) >= 11 is 0. The summed E-state index contributed by atoms with van der Waals surface area (Å²) in [5.41, 5.74) is 3.43. The van der Waals surface area contributed by atoms with Crippen molar-refractivity contribution in [3.05, 3.63) is 60.4 Å². The summed E-state index contributed by atoms with van der Waals surface area (Å²) in [6.45, 7) is 3.92. The summed E-state index contributed by atoms with van der Waals surface area (Å²) in [6, 6.07) is 13.5. The summed E-state index contributed by atoms with van der Waals surface area (Å²) in [6.07, 6.45) is 3.58. The van der Waals surface area contributed by atoms with E-state index in [0.29, 0.717) is 5.95 Å². The Morgan fingerprint density at radius 1 is 1.07 bits per heavy atom. The zero-order chi connectivity index (χ0) is 18.5. The van der Waals surface area contributed by atoms with Crippen molar-refractivity contribution in [3.8, 4) is 11.3 Å². The van der Waals surface area contributed by atoms with Crippen LogP contribution in [0.2, 0.25) is 0 Å².